The second-order valence-corrected chi connectivity index (χ2v) is 5.54. The lowest BCUT2D eigenvalue weighted by Crippen LogP contribution is -2.54. The van der Waals surface area contributed by atoms with E-state index in [4.69, 9.17) is 5.11 Å². The molecule has 0 aliphatic carbocycles. The third kappa shape index (κ3) is 5.02. The van der Waals surface area contributed by atoms with E-state index in [-0.39, 0.29) is 11.8 Å². The maximum Gasteiger partial charge on any atom is 0.326 e. The van der Waals surface area contributed by atoms with Gasteiger partial charge >= 0.3 is 5.97 Å². The number of carbonyl (C=O) groups is 3. The fourth-order valence-corrected chi connectivity index (χ4v) is 2.67. The first kappa shape index (κ1) is 17.5. The van der Waals surface area contributed by atoms with Gasteiger partial charge in [-0.2, -0.15) is 0 Å². The van der Waals surface area contributed by atoms with Gasteiger partial charge in [0.2, 0.25) is 11.8 Å². The smallest absolute Gasteiger partial charge is 0.326 e. The molecule has 0 bridgehead atoms. The number of carboxylic acids is 1. The van der Waals surface area contributed by atoms with E-state index in [1.807, 2.05) is 13.8 Å². The number of aliphatic carboxylic acids is 1. The molecule has 0 unspecified atom stereocenters. The Morgan fingerprint density at radius 1 is 1.24 bits per heavy atom. The van der Waals surface area contributed by atoms with Crippen LogP contribution in [0.25, 0.3) is 0 Å². The van der Waals surface area contributed by atoms with Crippen molar-refractivity contribution in [1.29, 1.82) is 0 Å². The number of carbonyl (C=O) groups excluding carboxylic acids is 2. The molecule has 0 aromatic carbocycles. The van der Waals surface area contributed by atoms with E-state index in [1.54, 1.807) is 4.90 Å². The largest absolute Gasteiger partial charge is 0.480 e. The van der Waals surface area contributed by atoms with Crippen molar-refractivity contribution in [3.63, 3.8) is 0 Å². The molecule has 2 atom stereocenters. The molecule has 1 rings (SSSR count). The molecular weight excluding hydrogens is 272 g/mol. The van der Waals surface area contributed by atoms with Crippen molar-refractivity contribution in [2.24, 2.45) is 0 Å². The van der Waals surface area contributed by atoms with Crippen LogP contribution >= 0.6 is 0 Å². The highest BCUT2D eigenvalue weighted by Crippen LogP contribution is 2.19. The van der Waals surface area contributed by atoms with E-state index < -0.39 is 18.1 Å². The van der Waals surface area contributed by atoms with Gasteiger partial charge in [0.05, 0.1) is 0 Å². The van der Waals surface area contributed by atoms with Gasteiger partial charge in [-0.1, -0.05) is 20.3 Å². The summed E-state index contributed by atoms with van der Waals surface area (Å²) < 4.78 is 0. The zero-order valence-corrected chi connectivity index (χ0v) is 12.9. The van der Waals surface area contributed by atoms with Gasteiger partial charge in [0.1, 0.15) is 12.1 Å². The van der Waals surface area contributed by atoms with Gasteiger partial charge in [0.25, 0.3) is 0 Å². The van der Waals surface area contributed by atoms with Crippen molar-refractivity contribution in [3.05, 3.63) is 0 Å². The minimum atomic E-state index is -1.02. The predicted octanol–water partition coefficient (Wildman–Crippen LogP) is 1.54. The van der Waals surface area contributed by atoms with E-state index in [1.165, 1.54) is 0 Å². The Hall–Kier alpha value is -1.59. The molecule has 1 fully saturated rings. The summed E-state index contributed by atoms with van der Waals surface area (Å²) in [5, 5.41) is 11.7. The summed E-state index contributed by atoms with van der Waals surface area (Å²) in [7, 11) is 0. The average molecular weight is 298 g/mol. The lowest BCUT2D eigenvalue weighted by atomic mass is 10.00. The Balaban J connectivity index is 2.72. The quantitative estimate of drug-likeness (QED) is 0.746. The standard InChI is InChI=1S/C15H26N2O4/c1-3-7-11(15(20)21)16-14(19)12-9-5-6-10-17(12)13(18)8-4-2/h11-12H,3-10H2,1-2H3,(H,16,19)(H,20,21)/t11-,12+/m0/s1. The van der Waals surface area contributed by atoms with Gasteiger partial charge in [0.15, 0.2) is 0 Å². The number of carboxylic acid groups (broad SMARTS) is 1. The molecule has 6 heteroatoms. The number of rotatable bonds is 7. The van der Waals surface area contributed by atoms with E-state index in [2.05, 4.69) is 5.32 Å². The lowest BCUT2D eigenvalue weighted by Gasteiger charge is -2.35. The minimum Gasteiger partial charge on any atom is -0.480 e. The number of hydrogen-bond donors (Lipinski definition) is 2. The van der Waals surface area contributed by atoms with Gasteiger partial charge in [-0.05, 0) is 32.1 Å². The van der Waals surface area contributed by atoms with E-state index in [9.17, 15) is 14.4 Å². The zero-order valence-electron chi connectivity index (χ0n) is 12.9. The summed E-state index contributed by atoms with van der Waals surface area (Å²) in [5.41, 5.74) is 0. The van der Waals surface area contributed by atoms with Crippen molar-refractivity contribution in [3.8, 4) is 0 Å². The SMILES string of the molecule is CCCC(=O)N1CCCC[C@@H]1C(=O)N[C@@H](CCC)C(=O)O. The number of nitrogens with zero attached hydrogens (tertiary/aromatic N) is 1. The highest BCUT2D eigenvalue weighted by atomic mass is 16.4. The fraction of sp³-hybridized carbons (Fsp3) is 0.800. The fourth-order valence-electron chi connectivity index (χ4n) is 2.67. The predicted molar refractivity (Wildman–Crippen MR) is 78.7 cm³/mol. The molecule has 0 aromatic heterocycles. The molecule has 6 nitrogen and oxygen atoms in total. The highest BCUT2D eigenvalue weighted by molar-refractivity contribution is 5.90. The normalized spacial score (nSPS) is 19.9. The molecule has 0 spiro atoms. The number of nitrogens with one attached hydrogen (secondary N) is 1. The van der Waals surface area contributed by atoms with E-state index >= 15 is 0 Å². The minimum absolute atomic E-state index is 0.0142. The molecule has 120 valence electrons. The maximum absolute atomic E-state index is 12.3. The molecule has 2 amide bonds. The number of likely N-dealkylation sites (tertiary alicyclic amines) is 1. The van der Waals surface area contributed by atoms with E-state index in [0.29, 0.717) is 32.2 Å². The third-order valence-electron chi connectivity index (χ3n) is 3.78. The Morgan fingerprint density at radius 2 is 1.95 bits per heavy atom. The number of hydrogen-bond acceptors (Lipinski definition) is 3. The van der Waals surface area contributed by atoms with Crippen molar-refractivity contribution >= 4 is 17.8 Å². The van der Waals surface area contributed by atoms with Crippen LogP contribution in [-0.2, 0) is 14.4 Å². The van der Waals surface area contributed by atoms with Crippen LogP contribution in [0, 0.1) is 0 Å². The molecule has 1 aliphatic heterocycles. The monoisotopic (exact) mass is 298 g/mol. The van der Waals surface area contributed by atoms with Crippen molar-refractivity contribution < 1.29 is 19.5 Å². The molecule has 0 radical (unpaired) electrons. The van der Waals surface area contributed by atoms with Gasteiger partial charge < -0.3 is 15.3 Å². The van der Waals surface area contributed by atoms with Crippen molar-refractivity contribution in [1.82, 2.24) is 10.2 Å². The van der Waals surface area contributed by atoms with Crippen molar-refractivity contribution in [2.75, 3.05) is 6.54 Å². The summed E-state index contributed by atoms with van der Waals surface area (Å²) >= 11 is 0. The van der Waals surface area contributed by atoms with Crippen LogP contribution in [0.15, 0.2) is 0 Å². The second kappa shape index (κ2) is 8.64. The summed E-state index contributed by atoms with van der Waals surface area (Å²) in [6.45, 7) is 4.39. The molecule has 0 saturated carbocycles. The summed E-state index contributed by atoms with van der Waals surface area (Å²) in [5.74, 6) is -1.37. The number of amides is 2. The van der Waals surface area contributed by atoms with Crippen LogP contribution < -0.4 is 5.32 Å². The van der Waals surface area contributed by atoms with E-state index in [0.717, 1.165) is 19.3 Å². The molecule has 1 heterocycles. The average Bonchev–Trinajstić information content (AvgIpc) is 2.46. The molecule has 0 aromatic rings. The van der Waals surface area contributed by atoms with Gasteiger partial charge in [-0.25, -0.2) is 4.79 Å². The Kier molecular flexibility index (Phi) is 7.19. The van der Waals surface area contributed by atoms with Crippen LogP contribution in [0.5, 0.6) is 0 Å². The Bertz CT molecular complexity index is 384. The lowest BCUT2D eigenvalue weighted by molar-refractivity contribution is -0.146. The molecular formula is C15H26N2O4. The first-order chi connectivity index (χ1) is 10.0. The highest BCUT2D eigenvalue weighted by Gasteiger charge is 2.33. The second-order valence-electron chi connectivity index (χ2n) is 5.54. The summed E-state index contributed by atoms with van der Waals surface area (Å²) in [6.07, 6.45) is 4.66. The van der Waals surface area contributed by atoms with Crippen LogP contribution in [-0.4, -0.2) is 46.4 Å². The molecule has 2 N–H and O–H groups in total. The van der Waals surface area contributed by atoms with Gasteiger partial charge in [-0.15, -0.1) is 0 Å². The molecule has 1 aliphatic rings. The van der Waals surface area contributed by atoms with Crippen LogP contribution in [0.2, 0.25) is 0 Å². The zero-order chi connectivity index (χ0) is 15.8. The van der Waals surface area contributed by atoms with Crippen molar-refractivity contribution in [2.45, 2.75) is 70.9 Å². The Morgan fingerprint density at radius 3 is 2.52 bits per heavy atom. The van der Waals surface area contributed by atoms with Gasteiger partial charge in [-0.3, -0.25) is 9.59 Å². The topological polar surface area (TPSA) is 86.7 Å². The maximum atomic E-state index is 12.3. The third-order valence-corrected chi connectivity index (χ3v) is 3.78. The van der Waals surface area contributed by atoms with Crippen LogP contribution in [0.4, 0.5) is 0 Å². The van der Waals surface area contributed by atoms with Gasteiger partial charge in [0, 0.05) is 13.0 Å². The first-order valence-corrected chi connectivity index (χ1v) is 7.83. The molecule has 1 saturated heterocycles. The Labute approximate surface area is 125 Å². The molecule has 21 heavy (non-hydrogen) atoms. The van der Waals surface area contributed by atoms with Crippen LogP contribution in [0.1, 0.15) is 58.8 Å². The summed E-state index contributed by atoms with van der Waals surface area (Å²) in [6, 6.07) is -1.39. The number of piperidine rings is 1. The van der Waals surface area contributed by atoms with Crippen LogP contribution in [0.3, 0.4) is 0 Å². The first-order valence-electron chi connectivity index (χ1n) is 7.83. The summed E-state index contributed by atoms with van der Waals surface area (Å²) in [4.78, 5) is 37.2.